The van der Waals surface area contributed by atoms with E-state index >= 15 is 0 Å². The van der Waals surface area contributed by atoms with Crippen LogP contribution < -0.4 is 14.5 Å². The first-order valence-electron chi connectivity index (χ1n) is 8.44. The third-order valence-corrected chi connectivity index (χ3v) is 5.35. The van der Waals surface area contributed by atoms with E-state index in [2.05, 4.69) is 19.6 Å². The van der Waals surface area contributed by atoms with Crippen LogP contribution in [0.4, 0.5) is 26.0 Å². The Morgan fingerprint density at radius 1 is 1.14 bits per heavy atom. The Kier molecular flexibility index (Phi) is 4.90. The highest BCUT2D eigenvalue weighted by Crippen LogP contribution is 2.35. The van der Waals surface area contributed by atoms with Gasteiger partial charge in [-0.1, -0.05) is 0 Å². The van der Waals surface area contributed by atoms with Gasteiger partial charge < -0.3 is 14.5 Å². The predicted octanol–water partition coefficient (Wildman–Crippen LogP) is 3.53. The molecule has 3 aromatic rings. The van der Waals surface area contributed by atoms with Crippen LogP contribution in [0.25, 0.3) is 10.2 Å². The third-order valence-electron chi connectivity index (χ3n) is 4.53. The van der Waals surface area contributed by atoms with Gasteiger partial charge in [-0.15, -0.1) is 11.3 Å². The van der Waals surface area contributed by atoms with Gasteiger partial charge in [-0.25, -0.2) is 9.97 Å². The molecule has 1 aromatic carbocycles. The second-order valence-corrected chi connectivity index (χ2v) is 6.99. The van der Waals surface area contributed by atoms with Crippen LogP contribution in [0.3, 0.4) is 0 Å². The fourth-order valence-electron chi connectivity index (χ4n) is 3.26. The SMILES string of the molecule is O=[N+]([O-])c1ccc(N2CCN(c3ncnc4sccc34)CC2)c(OC(F)F)c1. The molecule has 0 bridgehead atoms. The van der Waals surface area contributed by atoms with Crippen molar-refractivity contribution >= 4 is 38.7 Å². The number of non-ortho nitro benzene ring substituents is 1. The number of alkyl halides is 2. The second-order valence-electron chi connectivity index (χ2n) is 6.10. The lowest BCUT2D eigenvalue weighted by atomic mass is 10.2. The van der Waals surface area contributed by atoms with Gasteiger partial charge in [-0.05, 0) is 17.5 Å². The molecule has 28 heavy (non-hydrogen) atoms. The zero-order chi connectivity index (χ0) is 19.7. The molecule has 1 aliphatic heterocycles. The maximum atomic E-state index is 12.8. The average Bonchev–Trinajstić information content (AvgIpc) is 3.16. The lowest BCUT2D eigenvalue weighted by molar-refractivity contribution is -0.385. The molecule has 0 saturated carbocycles. The summed E-state index contributed by atoms with van der Waals surface area (Å²) in [7, 11) is 0. The zero-order valence-electron chi connectivity index (χ0n) is 14.5. The number of nitro groups is 1. The van der Waals surface area contributed by atoms with Gasteiger partial charge in [0.15, 0.2) is 5.75 Å². The van der Waals surface area contributed by atoms with Gasteiger partial charge in [0.1, 0.15) is 17.0 Å². The number of rotatable bonds is 5. The number of thiophene rings is 1. The normalized spacial score (nSPS) is 14.7. The Balaban J connectivity index is 1.55. The maximum Gasteiger partial charge on any atom is 0.387 e. The minimum atomic E-state index is -3.06. The van der Waals surface area contributed by atoms with Gasteiger partial charge in [0.25, 0.3) is 5.69 Å². The van der Waals surface area contributed by atoms with Crippen LogP contribution in [0, 0.1) is 10.1 Å². The molecule has 1 fully saturated rings. The minimum absolute atomic E-state index is 0.195. The number of nitrogens with zero attached hydrogens (tertiary/aromatic N) is 5. The van der Waals surface area contributed by atoms with Gasteiger partial charge >= 0.3 is 6.61 Å². The summed E-state index contributed by atoms with van der Waals surface area (Å²) < 4.78 is 30.1. The van der Waals surface area contributed by atoms with Crippen molar-refractivity contribution in [3.63, 3.8) is 0 Å². The largest absolute Gasteiger partial charge is 0.432 e. The molecule has 0 aliphatic carbocycles. The van der Waals surface area contributed by atoms with Crippen molar-refractivity contribution in [2.24, 2.45) is 0 Å². The first kappa shape index (κ1) is 18.3. The Morgan fingerprint density at radius 2 is 1.89 bits per heavy atom. The molecule has 0 atom stereocenters. The first-order valence-corrected chi connectivity index (χ1v) is 9.32. The molecule has 0 unspecified atom stereocenters. The second kappa shape index (κ2) is 7.50. The summed E-state index contributed by atoms with van der Waals surface area (Å²) in [6.45, 7) is -0.754. The summed E-state index contributed by atoms with van der Waals surface area (Å²) >= 11 is 1.54. The first-order chi connectivity index (χ1) is 13.5. The zero-order valence-corrected chi connectivity index (χ0v) is 15.3. The fraction of sp³-hybridized carbons (Fsp3) is 0.294. The number of hydrogen-bond donors (Lipinski definition) is 0. The maximum absolute atomic E-state index is 12.8. The smallest absolute Gasteiger partial charge is 0.387 e. The van der Waals surface area contributed by atoms with E-state index in [-0.39, 0.29) is 11.4 Å². The van der Waals surface area contributed by atoms with E-state index in [0.717, 1.165) is 22.1 Å². The average molecular weight is 407 g/mol. The molecule has 0 radical (unpaired) electrons. The molecule has 8 nitrogen and oxygen atoms in total. The number of nitro benzene ring substituents is 1. The third kappa shape index (κ3) is 3.52. The van der Waals surface area contributed by atoms with Gasteiger partial charge in [0, 0.05) is 32.2 Å². The summed E-state index contributed by atoms with van der Waals surface area (Å²) in [4.78, 5) is 23.9. The number of halogens is 2. The Labute approximate surface area is 162 Å². The predicted molar refractivity (Wildman–Crippen MR) is 102 cm³/mol. The molecule has 0 amide bonds. The van der Waals surface area contributed by atoms with E-state index in [0.29, 0.717) is 31.9 Å². The van der Waals surface area contributed by atoms with E-state index in [4.69, 9.17) is 0 Å². The summed E-state index contributed by atoms with van der Waals surface area (Å²) in [5.41, 5.74) is 0.118. The van der Waals surface area contributed by atoms with Crippen molar-refractivity contribution in [2.75, 3.05) is 36.0 Å². The topological polar surface area (TPSA) is 84.6 Å². The number of hydrogen-bond acceptors (Lipinski definition) is 8. The van der Waals surface area contributed by atoms with Crippen LogP contribution in [0.2, 0.25) is 0 Å². The summed E-state index contributed by atoms with van der Waals surface area (Å²) in [6, 6.07) is 5.76. The van der Waals surface area contributed by atoms with Crippen LogP contribution in [-0.2, 0) is 0 Å². The fourth-order valence-corrected chi connectivity index (χ4v) is 3.98. The number of ether oxygens (including phenoxy) is 1. The van der Waals surface area contributed by atoms with Crippen LogP contribution >= 0.6 is 11.3 Å². The Hall–Kier alpha value is -3.08. The van der Waals surface area contributed by atoms with Crippen LogP contribution in [-0.4, -0.2) is 47.7 Å². The van der Waals surface area contributed by atoms with Crippen LogP contribution in [0.5, 0.6) is 5.75 Å². The van der Waals surface area contributed by atoms with Crippen molar-refractivity contribution in [2.45, 2.75) is 6.61 Å². The molecular weight excluding hydrogens is 392 g/mol. The van der Waals surface area contributed by atoms with Gasteiger partial charge in [-0.2, -0.15) is 8.78 Å². The van der Waals surface area contributed by atoms with Crippen molar-refractivity contribution in [1.29, 1.82) is 0 Å². The lowest BCUT2D eigenvalue weighted by Crippen LogP contribution is -2.47. The number of aromatic nitrogens is 2. The quantitative estimate of drug-likeness (QED) is 0.472. The van der Waals surface area contributed by atoms with Crippen LogP contribution in [0.1, 0.15) is 0 Å². The van der Waals surface area contributed by atoms with Gasteiger partial charge in [0.05, 0.1) is 22.1 Å². The molecular formula is C17H15F2N5O3S. The molecule has 0 spiro atoms. The van der Waals surface area contributed by atoms with Crippen molar-refractivity contribution < 1.29 is 18.4 Å². The molecule has 1 saturated heterocycles. The highest BCUT2D eigenvalue weighted by atomic mass is 32.1. The summed E-state index contributed by atoms with van der Waals surface area (Å²) in [5.74, 6) is 0.651. The van der Waals surface area contributed by atoms with E-state index in [1.807, 2.05) is 16.3 Å². The van der Waals surface area contributed by atoms with E-state index < -0.39 is 11.5 Å². The van der Waals surface area contributed by atoms with E-state index in [1.165, 1.54) is 18.5 Å². The van der Waals surface area contributed by atoms with Gasteiger partial charge in [-0.3, -0.25) is 10.1 Å². The highest BCUT2D eigenvalue weighted by Gasteiger charge is 2.24. The van der Waals surface area contributed by atoms with E-state index in [9.17, 15) is 18.9 Å². The van der Waals surface area contributed by atoms with Crippen molar-refractivity contribution in [1.82, 2.24) is 9.97 Å². The molecule has 1 aliphatic rings. The monoisotopic (exact) mass is 407 g/mol. The molecule has 4 rings (SSSR count). The molecule has 11 heteroatoms. The molecule has 0 N–H and O–H groups in total. The minimum Gasteiger partial charge on any atom is -0.432 e. The lowest BCUT2D eigenvalue weighted by Gasteiger charge is -2.37. The number of benzene rings is 1. The van der Waals surface area contributed by atoms with Gasteiger partial charge in [0.2, 0.25) is 0 Å². The summed E-state index contributed by atoms with van der Waals surface area (Å²) in [5, 5.41) is 13.9. The Bertz CT molecular complexity index is 1010. The van der Waals surface area contributed by atoms with Crippen LogP contribution in [0.15, 0.2) is 36.0 Å². The number of piperazine rings is 1. The van der Waals surface area contributed by atoms with Crippen molar-refractivity contribution in [3.05, 3.63) is 46.1 Å². The number of fused-ring (bicyclic) bond motifs is 1. The molecule has 146 valence electrons. The summed E-state index contributed by atoms with van der Waals surface area (Å²) in [6.07, 6.45) is 1.53. The molecule has 2 aromatic heterocycles. The number of anilines is 2. The highest BCUT2D eigenvalue weighted by molar-refractivity contribution is 7.16. The Morgan fingerprint density at radius 3 is 2.61 bits per heavy atom. The van der Waals surface area contributed by atoms with E-state index in [1.54, 1.807) is 11.3 Å². The van der Waals surface area contributed by atoms with Crippen molar-refractivity contribution in [3.8, 4) is 5.75 Å². The standard InChI is InChI=1S/C17H15F2N5O3S/c18-17(19)27-14-9-11(24(25)26)1-2-13(14)22-4-6-23(7-5-22)15-12-3-8-28-16(12)21-10-20-15/h1-3,8-10,17H,4-7H2. The molecule has 3 heterocycles.